The summed E-state index contributed by atoms with van der Waals surface area (Å²) in [4.78, 5) is 55.0. The number of nitrogens with one attached hydrogen (secondary N) is 2. The zero-order chi connectivity index (χ0) is 29.1. The van der Waals surface area contributed by atoms with Gasteiger partial charge >= 0.3 is 12.1 Å². The first-order chi connectivity index (χ1) is 19.5. The highest BCUT2D eigenvalue weighted by Gasteiger charge is 2.61. The fraction of sp³-hybridized carbons (Fsp3) is 0.448. The van der Waals surface area contributed by atoms with Crippen molar-refractivity contribution in [3.05, 3.63) is 65.0 Å². The number of ketones is 1. The SMILES string of the molecule is C[C@H](C(=O)C(NCc1ccc(F)cc1)N1C(=O)O[C@]2(CCc3cc(NC(=O)N4CC(F)(F)C4)ccc32)C1=O)C1CC1. The number of amides is 4. The Bertz CT molecular complexity index is 1420. The van der Waals surface area contributed by atoms with Crippen LogP contribution in [-0.2, 0) is 32.9 Å². The molecule has 6 rings (SSSR count). The molecule has 2 heterocycles. The molecule has 2 aliphatic carbocycles. The number of ether oxygens (including phenoxy) is 1. The first-order valence-corrected chi connectivity index (χ1v) is 13.6. The predicted molar refractivity (Wildman–Crippen MR) is 139 cm³/mol. The van der Waals surface area contributed by atoms with E-state index in [1.165, 1.54) is 18.2 Å². The Morgan fingerprint density at radius 2 is 1.80 bits per heavy atom. The van der Waals surface area contributed by atoms with Gasteiger partial charge in [0, 0.05) is 30.1 Å². The second-order valence-corrected chi connectivity index (χ2v) is 11.3. The molecule has 1 spiro atoms. The molecule has 216 valence electrons. The molecule has 2 aromatic carbocycles. The van der Waals surface area contributed by atoms with Crippen molar-refractivity contribution >= 4 is 29.5 Å². The van der Waals surface area contributed by atoms with Crippen LogP contribution < -0.4 is 10.6 Å². The number of Topliss-reactive ketones (excluding diaryl/α,β-unsaturated/α-hetero) is 1. The molecule has 12 heteroatoms. The second-order valence-electron chi connectivity index (χ2n) is 11.3. The zero-order valence-corrected chi connectivity index (χ0v) is 22.3. The number of imide groups is 1. The molecular weight excluding hydrogens is 541 g/mol. The van der Waals surface area contributed by atoms with E-state index in [1.807, 2.05) is 0 Å². The van der Waals surface area contributed by atoms with Crippen molar-refractivity contribution in [1.82, 2.24) is 15.1 Å². The molecule has 4 aliphatic rings. The Balaban J connectivity index is 1.22. The molecule has 2 aliphatic heterocycles. The molecule has 2 saturated heterocycles. The third kappa shape index (κ3) is 4.94. The predicted octanol–water partition coefficient (Wildman–Crippen LogP) is 4.16. The van der Waals surface area contributed by atoms with Crippen LogP contribution in [0.15, 0.2) is 42.5 Å². The summed E-state index contributed by atoms with van der Waals surface area (Å²) in [6, 6.07) is 9.76. The van der Waals surface area contributed by atoms with Gasteiger partial charge in [0.25, 0.3) is 11.8 Å². The van der Waals surface area contributed by atoms with Crippen molar-refractivity contribution in [2.45, 2.75) is 56.8 Å². The van der Waals surface area contributed by atoms with Crippen LogP contribution in [0.1, 0.15) is 42.9 Å². The van der Waals surface area contributed by atoms with Gasteiger partial charge in [-0.25, -0.2) is 27.7 Å². The smallest absolute Gasteiger partial charge is 0.419 e. The van der Waals surface area contributed by atoms with E-state index >= 15 is 0 Å². The first-order valence-electron chi connectivity index (χ1n) is 13.6. The minimum atomic E-state index is -2.89. The van der Waals surface area contributed by atoms with Crippen molar-refractivity contribution in [3.63, 3.8) is 0 Å². The molecule has 1 unspecified atom stereocenters. The summed E-state index contributed by atoms with van der Waals surface area (Å²) in [5.74, 6) is -4.45. The van der Waals surface area contributed by atoms with Gasteiger partial charge in [0.15, 0.2) is 11.9 Å². The van der Waals surface area contributed by atoms with Crippen molar-refractivity contribution in [1.29, 1.82) is 0 Å². The summed E-state index contributed by atoms with van der Waals surface area (Å²) in [6.45, 7) is 0.597. The van der Waals surface area contributed by atoms with E-state index in [2.05, 4.69) is 10.6 Å². The summed E-state index contributed by atoms with van der Waals surface area (Å²) in [5, 5.41) is 5.63. The Morgan fingerprint density at radius 1 is 1.10 bits per heavy atom. The summed E-state index contributed by atoms with van der Waals surface area (Å²) >= 11 is 0. The van der Waals surface area contributed by atoms with Crippen LogP contribution in [0.4, 0.5) is 28.4 Å². The van der Waals surface area contributed by atoms with E-state index in [-0.39, 0.29) is 30.6 Å². The highest BCUT2D eigenvalue weighted by molar-refractivity contribution is 6.07. The minimum Gasteiger partial charge on any atom is -0.427 e. The van der Waals surface area contributed by atoms with Crippen LogP contribution in [0.5, 0.6) is 0 Å². The standard InChI is InChI=1S/C29H29F3N4O5/c1-16(18-4-5-18)23(37)24(33-13-17-2-6-20(30)7-3-17)36-25(38)29(41-27(36)40)11-10-19-12-21(8-9-22(19)29)34-26(39)35-14-28(31,32)15-35/h2-3,6-9,12,16,18,24,33H,4-5,10-11,13-15H2,1H3,(H,34,39)/t16-,24?,29-/m0/s1. The van der Waals surface area contributed by atoms with Gasteiger partial charge in [-0.15, -0.1) is 0 Å². The highest BCUT2D eigenvalue weighted by Crippen LogP contribution is 2.47. The first kappa shape index (κ1) is 27.3. The molecule has 0 radical (unpaired) electrons. The van der Waals surface area contributed by atoms with E-state index < -0.39 is 54.6 Å². The largest absolute Gasteiger partial charge is 0.427 e. The lowest BCUT2D eigenvalue weighted by Crippen LogP contribution is -2.59. The lowest BCUT2D eigenvalue weighted by Gasteiger charge is -2.38. The number of aryl methyl sites for hydroxylation is 1. The third-order valence-corrected chi connectivity index (χ3v) is 8.41. The van der Waals surface area contributed by atoms with Gasteiger partial charge in [-0.3, -0.25) is 14.9 Å². The fourth-order valence-electron chi connectivity index (χ4n) is 5.86. The fourth-order valence-corrected chi connectivity index (χ4v) is 5.86. The van der Waals surface area contributed by atoms with Gasteiger partial charge in [0.1, 0.15) is 5.82 Å². The van der Waals surface area contributed by atoms with E-state index in [1.54, 1.807) is 31.2 Å². The molecular formula is C29H29F3N4O5. The maximum Gasteiger partial charge on any atom is 0.419 e. The van der Waals surface area contributed by atoms with Gasteiger partial charge in [-0.05, 0) is 60.6 Å². The molecule has 3 fully saturated rings. The number of urea groups is 1. The van der Waals surface area contributed by atoms with Crippen LogP contribution in [-0.4, -0.2) is 58.8 Å². The summed E-state index contributed by atoms with van der Waals surface area (Å²) in [6.07, 6.45) is 0.0853. The van der Waals surface area contributed by atoms with Crippen molar-refractivity contribution < 1.29 is 37.1 Å². The maximum atomic E-state index is 14.0. The summed E-state index contributed by atoms with van der Waals surface area (Å²) in [5.41, 5.74) is 0.524. The van der Waals surface area contributed by atoms with E-state index in [0.717, 1.165) is 22.6 Å². The summed E-state index contributed by atoms with van der Waals surface area (Å²) in [7, 11) is 0. The Hall–Kier alpha value is -3.93. The number of rotatable bonds is 8. The molecule has 2 aromatic rings. The number of hydrogen-bond donors (Lipinski definition) is 2. The van der Waals surface area contributed by atoms with Crippen LogP contribution >= 0.6 is 0 Å². The van der Waals surface area contributed by atoms with Crippen molar-refractivity contribution in [2.75, 3.05) is 18.4 Å². The number of alkyl halides is 2. The van der Waals surface area contributed by atoms with Crippen molar-refractivity contribution in [3.8, 4) is 0 Å². The van der Waals surface area contributed by atoms with Crippen molar-refractivity contribution in [2.24, 2.45) is 11.8 Å². The maximum absolute atomic E-state index is 14.0. The monoisotopic (exact) mass is 570 g/mol. The third-order valence-electron chi connectivity index (χ3n) is 8.41. The van der Waals surface area contributed by atoms with Crippen LogP contribution in [0.2, 0.25) is 0 Å². The van der Waals surface area contributed by atoms with Gasteiger partial charge in [-0.2, -0.15) is 0 Å². The lowest BCUT2D eigenvalue weighted by molar-refractivity contribution is -0.143. The van der Waals surface area contributed by atoms with E-state index in [0.29, 0.717) is 28.8 Å². The normalized spacial score (nSPS) is 24.1. The lowest BCUT2D eigenvalue weighted by atomic mass is 9.93. The molecule has 0 aromatic heterocycles. The molecule has 3 atom stereocenters. The quantitative estimate of drug-likeness (QED) is 0.494. The van der Waals surface area contributed by atoms with Crippen LogP contribution in [0.25, 0.3) is 0 Å². The van der Waals surface area contributed by atoms with E-state index in [4.69, 9.17) is 4.74 Å². The van der Waals surface area contributed by atoms with Gasteiger partial charge in [0.05, 0.1) is 13.1 Å². The molecule has 9 nitrogen and oxygen atoms in total. The number of anilines is 1. The number of carbonyl (C=O) groups excluding carboxylic acids is 4. The highest BCUT2D eigenvalue weighted by atomic mass is 19.3. The van der Waals surface area contributed by atoms with Gasteiger partial charge < -0.3 is 15.0 Å². The second kappa shape index (κ2) is 9.86. The van der Waals surface area contributed by atoms with Gasteiger partial charge in [0.2, 0.25) is 5.60 Å². The molecule has 41 heavy (non-hydrogen) atoms. The minimum absolute atomic E-state index is 0.112. The Kier molecular flexibility index (Phi) is 6.55. The Morgan fingerprint density at radius 3 is 2.46 bits per heavy atom. The van der Waals surface area contributed by atoms with E-state index in [9.17, 15) is 32.3 Å². The van der Waals surface area contributed by atoms with Crippen LogP contribution in [0, 0.1) is 17.7 Å². The van der Waals surface area contributed by atoms with Crippen LogP contribution in [0.3, 0.4) is 0 Å². The number of likely N-dealkylation sites (tertiary alicyclic amines) is 1. The number of nitrogens with zero attached hydrogens (tertiary/aromatic N) is 2. The van der Waals surface area contributed by atoms with Gasteiger partial charge in [-0.1, -0.05) is 25.1 Å². The molecule has 4 amide bonds. The topological polar surface area (TPSA) is 108 Å². The molecule has 1 saturated carbocycles. The Labute approximate surface area is 234 Å². The molecule has 2 N–H and O–H groups in total. The summed E-state index contributed by atoms with van der Waals surface area (Å²) < 4.78 is 45.4. The average Bonchev–Trinajstić information content (AvgIpc) is 3.67. The number of carbonyl (C=O) groups is 4. The number of fused-ring (bicyclic) bond motifs is 2. The molecule has 0 bridgehead atoms. The number of hydrogen-bond acceptors (Lipinski definition) is 6. The average molecular weight is 571 g/mol. The number of benzene rings is 2. The zero-order valence-electron chi connectivity index (χ0n) is 22.3. The number of halogens is 3.